The Kier molecular flexibility index (Phi) is 2.11. The molecule has 1 nitrogen and oxygen atoms in total. The fraction of sp³-hybridized carbons (Fsp3) is 0.818. The van der Waals surface area contributed by atoms with Crippen molar-refractivity contribution in [2.45, 2.75) is 44.2 Å². The van der Waals surface area contributed by atoms with Crippen molar-refractivity contribution >= 4 is 0 Å². The first-order chi connectivity index (χ1) is 5.83. The van der Waals surface area contributed by atoms with Gasteiger partial charge in [-0.3, -0.25) is 4.90 Å². The van der Waals surface area contributed by atoms with Gasteiger partial charge in [0, 0.05) is 6.04 Å². The predicted molar refractivity (Wildman–Crippen MR) is 50.7 cm³/mol. The van der Waals surface area contributed by atoms with E-state index in [-0.39, 0.29) is 0 Å². The molecule has 0 aromatic carbocycles. The average Bonchev–Trinajstić information content (AvgIpc) is 2.44. The van der Waals surface area contributed by atoms with Crippen LogP contribution in [-0.2, 0) is 0 Å². The highest BCUT2D eigenvalue weighted by atomic mass is 15.2. The summed E-state index contributed by atoms with van der Waals surface area (Å²) in [6.07, 6.45) is 12.3. The van der Waals surface area contributed by atoms with Crippen molar-refractivity contribution in [2.75, 3.05) is 7.05 Å². The smallest absolute Gasteiger partial charge is 0.0715 e. The van der Waals surface area contributed by atoms with Gasteiger partial charge in [-0.1, -0.05) is 18.8 Å². The normalized spacial score (nSPS) is 42.2. The number of rotatable bonds is 0. The molecule has 0 amide bonds. The quantitative estimate of drug-likeness (QED) is 0.493. The third-order valence-electron chi connectivity index (χ3n) is 3.60. The van der Waals surface area contributed by atoms with Crippen LogP contribution in [0.1, 0.15) is 32.1 Å². The van der Waals surface area contributed by atoms with E-state index < -0.39 is 0 Å². The van der Waals surface area contributed by atoms with Gasteiger partial charge in [-0.2, -0.15) is 0 Å². The van der Waals surface area contributed by atoms with Crippen LogP contribution in [0.2, 0.25) is 0 Å². The van der Waals surface area contributed by atoms with Crippen molar-refractivity contribution in [1.82, 2.24) is 4.90 Å². The van der Waals surface area contributed by atoms with Crippen molar-refractivity contribution in [2.24, 2.45) is 5.92 Å². The summed E-state index contributed by atoms with van der Waals surface area (Å²) in [4.78, 5) is 2.42. The van der Waals surface area contributed by atoms with Crippen LogP contribution in [0.5, 0.6) is 0 Å². The van der Waals surface area contributed by atoms with Crippen LogP contribution in [0.4, 0.5) is 0 Å². The Morgan fingerprint density at radius 2 is 2.08 bits per heavy atom. The fourth-order valence-corrected chi connectivity index (χ4v) is 2.87. The van der Waals surface area contributed by atoms with Gasteiger partial charge >= 0.3 is 0 Å². The molecule has 1 aliphatic carbocycles. The molecule has 1 heterocycles. The molecule has 0 aromatic rings. The van der Waals surface area contributed by atoms with E-state index in [2.05, 4.69) is 17.9 Å². The van der Waals surface area contributed by atoms with Gasteiger partial charge < -0.3 is 0 Å². The van der Waals surface area contributed by atoms with E-state index in [9.17, 15) is 0 Å². The lowest BCUT2D eigenvalue weighted by molar-refractivity contribution is 0.202. The Hall–Kier alpha value is -0.480. The minimum atomic E-state index is 0.429. The minimum absolute atomic E-state index is 0.429. The number of hydrogen-bond acceptors (Lipinski definition) is 1. The monoisotopic (exact) mass is 163 g/mol. The Labute approximate surface area is 75.1 Å². The zero-order valence-electron chi connectivity index (χ0n) is 7.79. The predicted octanol–water partition coefficient (Wildman–Crippen LogP) is 1.88. The summed E-state index contributed by atoms with van der Waals surface area (Å²) < 4.78 is 0. The number of nitrogens with zero attached hydrogens (tertiary/aromatic N) is 1. The van der Waals surface area contributed by atoms with Gasteiger partial charge in [0.25, 0.3) is 0 Å². The molecule has 3 atom stereocenters. The summed E-state index contributed by atoms with van der Waals surface area (Å²) in [5.74, 6) is 3.80. The SMILES string of the molecule is C#CC1CC2CCCCC2N1C. The molecule has 0 radical (unpaired) electrons. The summed E-state index contributed by atoms with van der Waals surface area (Å²) in [6.45, 7) is 0. The maximum Gasteiger partial charge on any atom is 0.0715 e. The second-order valence-corrected chi connectivity index (χ2v) is 4.20. The zero-order valence-corrected chi connectivity index (χ0v) is 7.79. The molecule has 0 bridgehead atoms. The highest BCUT2D eigenvalue weighted by Gasteiger charge is 2.38. The summed E-state index contributed by atoms with van der Waals surface area (Å²) in [7, 11) is 2.19. The Morgan fingerprint density at radius 1 is 1.33 bits per heavy atom. The number of likely N-dealkylation sites (tertiary alicyclic amines) is 1. The van der Waals surface area contributed by atoms with Crippen LogP contribution in [0.15, 0.2) is 0 Å². The maximum absolute atomic E-state index is 5.49. The van der Waals surface area contributed by atoms with E-state index in [0.717, 1.165) is 12.0 Å². The first-order valence-corrected chi connectivity index (χ1v) is 5.01. The molecular weight excluding hydrogens is 146 g/mol. The van der Waals surface area contributed by atoms with Gasteiger partial charge in [0.15, 0.2) is 0 Å². The van der Waals surface area contributed by atoms with Crippen molar-refractivity contribution in [3.63, 3.8) is 0 Å². The number of hydrogen-bond donors (Lipinski definition) is 0. The van der Waals surface area contributed by atoms with Crippen LogP contribution < -0.4 is 0 Å². The lowest BCUT2D eigenvalue weighted by atomic mass is 9.85. The standard InChI is InChI=1S/C11H17N/c1-3-10-8-9-6-4-5-7-11(9)12(10)2/h1,9-11H,4-8H2,2H3. The fourth-order valence-electron chi connectivity index (χ4n) is 2.87. The molecule has 2 fully saturated rings. The molecule has 1 saturated carbocycles. The maximum atomic E-state index is 5.49. The molecule has 1 saturated heterocycles. The molecule has 2 rings (SSSR count). The molecule has 0 spiro atoms. The highest BCUT2D eigenvalue weighted by Crippen LogP contribution is 2.38. The van der Waals surface area contributed by atoms with Crippen LogP contribution >= 0.6 is 0 Å². The molecule has 66 valence electrons. The average molecular weight is 163 g/mol. The summed E-state index contributed by atoms with van der Waals surface area (Å²) >= 11 is 0. The second-order valence-electron chi connectivity index (χ2n) is 4.20. The summed E-state index contributed by atoms with van der Waals surface area (Å²) in [5, 5.41) is 0. The van der Waals surface area contributed by atoms with E-state index >= 15 is 0 Å². The first kappa shape index (κ1) is 8.13. The Bertz CT molecular complexity index is 204. The van der Waals surface area contributed by atoms with Gasteiger partial charge in [0.2, 0.25) is 0 Å². The van der Waals surface area contributed by atoms with Gasteiger partial charge in [-0.15, -0.1) is 6.42 Å². The lowest BCUT2D eigenvalue weighted by Crippen LogP contribution is -2.34. The van der Waals surface area contributed by atoms with E-state index in [1.54, 1.807) is 0 Å². The van der Waals surface area contributed by atoms with E-state index in [1.807, 2.05) is 0 Å². The third kappa shape index (κ3) is 1.15. The van der Waals surface area contributed by atoms with Crippen molar-refractivity contribution in [3.05, 3.63) is 0 Å². The van der Waals surface area contributed by atoms with Crippen LogP contribution in [0, 0.1) is 18.3 Å². The first-order valence-electron chi connectivity index (χ1n) is 5.01. The van der Waals surface area contributed by atoms with Crippen LogP contribution in [0.3, 0.4) is 0 Å². The number of fused-ring (bicyclic) bond motifs is 1. The Balaban J connectivity index is 2.09. The van der Waals surface area contributed by atoms with Crippen LogP contribution in [0.25, 0.3) is 0 Å². The third-order valence-corrected chi connectivity index (χ3v) is 3.60. The Morgan fingerprint density at radius 3 is 2.75 bits per heavy atom. The van der Waals surface area contributed by atoms with Gasteiger partial charge in [-0.25, -0.2) is 0 Å². The van der Waals surface area contributed by atoms with Gasteiger partial charge in [-0.05, 0) is 32.2 Å². The molecule has 0 aromatic heterocycles. The van der Waals surface area contributed by atoms with Crippen molar-refractivity contribution < 1.29 is 0 Å². The van der Waals surface area contributed by atoms with Crippen molar-refractivity contribution in [3.8, 4) is 12.3 Å². The summed E-state index contributed by atoms with van der Waals surface area (Å²) in [6, 6.07) is 1.23. The van der Waals surface area contributed by atoms with E-state index in [0.29, 0.717) is 6.04 Å². The zero-order chi connectivity index (χ0) is 8.55. The molecule has 12 heavy (non-hydrogen) atoms. The molecular formula is C11H17N. The second kappa shape index (κ2) is 3.11. The van der Waals surface area contributed by atoms with Crippen LogP contribution in [-0.4, -0.2) is 24.0 Å². The van der Waals surface area contributed by atoms with Gasteiger partial charge in [0.1, 0.15) is 0 Å². The lowest BCUT2D eigenvalue weighted by Gasteiger charge is -2.29. The highest BCUT2D eigenvalue weighted by molar-refractivity contribution is 5.07. The molecule has 3 unspecified atom stereocenters. The molecule has 1 aliphatic heterocycles. The summed E-state index contributed by atoms with van der Waals surface area (Å²) in [5.41, 5.74) is 0. The minimum Gasteiger partial charge on any atom is -0.290 e. The van der Waals surface area contributed by atoms with E-state index in [4.69, 9.17) is 6.42 Å². The largest absolute Gasteiger partial charge is 0.290 e. The van der Waals surface area contributed by atoms with Gasteiger partial charge in [0.05, 0.1) is 6.04 Å². The van der Waals surface area contributed by atoms with E-state index in [1.165, 1.54) is 32.1 Å². The number of terminal acetylenes is 1. The molecule has 0 N–H and O–H groups in total. The topological polar surface area (TPSA) is 3.24 Å². The molecule has 2 aliphatic rings. The molecule has 1 heteroatoms. The van der Waals surface area contributed by atoms with Crippen molar-refractivity contribution in [1.29, 1.82) is 0 Å².